The summed E-state index contributed by atoms with van der Waals surface area (Å²) in [6.45, 7) is 1.05. The van der Waals surface area contributed by atoms with Crippen molar-refractivity contribution in [3.8, 4) is 5.75 Å². The second-order valence-electron chi connectivity index (χ2n) is 4.35. The van der Waals surface area contributed by atoms with Crippen LogP contribution in [0.5, 0.6) is 5.75 Å². The quantitative estimate of drug-likeness (QED) is 0.821. The van der Waals surface area contributed by atoms with Crippen molar-refractivity contribution in [1.29, 1.82) is 0 Å². The van der Waals surface area contributed by atoms with E-state index in [0.29, 0.717) is 23.8 Å². The number of Topliss-reactive ketones (excluding diaryl/α,β-unsaturated/α-hetero) is 1. The minimum absolute atomic E-state index is 0.0552. The van der Waals surface area contributed by atoms with Gasteiger partial charge in [0.2, 0.25) is 0 Å². The molecule has 0 heterocycles. The van der Waals surface area contributed by atoms with Crippen molar-refractivity contribution in [2.75, 3.05) is 20.2 Å². The molecule has 0 aliphatic heterocycles. The highest BCUT2D eigenvalue weighted by atomic mass is 79.9. The number of rotatable bonds is 6. The topological polar surface area (TPSA) is 38.3 Å². The van der Waals surface area contributed by atoms with Crippen molar-refractivity contribution in [2.45, 2.75) is 12.8 Å². The first-order chi connectivity index (χ1) is 8.20. The van der Waals surface area contributed by atoms with Crippen molar-refractivity contribution in [1.82, 2.24) is 5.32 Å². The molecular weight excluding hydrogens is 282 g/mol. The molecule has 1 aliphatic rings. The number of nitrogens with one attached hydrogen (secondary N) is 1. The summed E-state index contributed by atoms with van der Waals surface area (Å²) < 4.78 is 6.61. The zero-order valence-electron chi connectivity index (χ0n) is 9.83. The van der Waals surface area contributed by atoms with E-state index in [0.717, 1.165) is 11.1 Å². The Labute approximate surface area is 110 Å². The van der Waals surface area contributed by atoms with Crippen LogP contribution in [0.15, 0.2) is 22.7 Å². The van der Waals surface area contributed by atoms with Gasteiger partial charge in [0.05, 0.1) is 18.7 Å². The maximum absolute atomic E-state index is 11.9. The fourth-order valence-corrected chi connectivity index (χ4v) is 1.95. The SMILES string of the molecule is CNCC(=O)c1cc(Br)ccc1OCC1CC1. The summed E-state index contributed by atoms with van der Waals surface area (Å²) in [5.41, 5.74) is 0.648. The van der Waals surface area contributed by atoms with Crippen LogP contribution in [0.4, 0.5) is 0 Å². The highest BCUT2D eigenvalue weighted by Gasteiger charge is 2.23. The number of hydrogen-bond donors (Lipinski definition) is 1. The predicted molar refractivity (Wildman–Crippen MR) is 70.6 cm³/mol. The fourth-order valence-electron chi connectivity index (χ4n) is 1.59. The van der Waals surface area contributed by atoms with Gasteiger partial charge in [-0.15, -0.1) is 0 Å². The Balaban J connectivity index is 2.13. The summed E-state index contributed by atoms with van der Waals surface area (Å²) in [7, 11) is 1.76. The van der Waals surface area contributed by atoms with Gasteiger partial charge in [-0.1, -0.05) is 15.9 Å². The molecule has 0 radical (unpaired) electrons. The monoisotopic (exact) mass is 297 g/mol. The minimum Gasteiger partial charge on any atom is -0.493 e. The van der Waals surface area contributed by atoms with Crippen LogP contribution in [0, 0.1) is 5.92 Å². The molecule has 0 spiro atoms. The molecule has 1 aromatic rings. The molecule has 1 saturated carbocycles. The standard InChI is InChI=1S/C13H16BrNO2/c1-15-7-12(16)11-6-10(14)4-5-13(11)17-8-9-2-3-9/h4-6,9,15H,2-3,7-8H2,1H3. The third kappa shape index (κ3) is 3.54. The van der Waals surface area contributed by atoms with Crippen LogP contribution < -0.4 is 10.1 Å². The molecule has 0 aromatic heterocycles. The van der Waals surface area contributed by atoms with Crippen LogP contribution >= 0.6 is 15.9 Å². The van der Waals surface area contributed by atoms with Gasteiger partial charge in [-0.05, 0) is 44.0 Å². The second-order valence-corrected chi connectivity index (χ2v) is 5.26. The Hall–Kier alpha value is -0.870. The molecule has 0 bridgehead atoms. The summed E-state index contributed by atoms with van der Waals surface area (Å²) in [5, 5.41) is 2.87. The van der Waals surface area contributed by atoms with Crippen LogP contribution in [0.1, 0.15) is 23.2 Å². The van der Waals surface area contributed by atoms with E-state index in [4.69, 9.17) is 4.74 Å². The predicted octanol–water partition coefficient (Wildman–Crippen LogP) is 2.64. The van der Waals surface area contributed by atoms with Gasteiger partial charge in [-0.2, -0.15) is 0 Å². The molecule has 2 rings (SSSR count). The lowest BCUT2D eigenvalue weighted by molar-refractivity contribution is 0.0989. The molecule has 1 aromatic carbocycles. The van der Waals surface area contributed by atoms with E-state index in [1.165, 1.54) is 12.8 Å². The van der Waals surface area contributed by atoms with Gasteiger partial charge in [0, 0.05) is 4.47 Å². The van der Waals surface area contributed by atoms with Crippen LogP contribution in [0.25, 0.3) is 0 Å². The second kappa shape index (κ2) is 5.65. The smallest absolute Gasteiger partial charge is 0.180 e. The molecule has 0 atom stereocenters. The van der Waals surface area contributed by atoms with E-state index in [2.05, 4.69) is 21.2 Å². The normalized spacial score (nSPS) is 14.7. The van der Waals surface area contributed by atoms with E-state index in [1.54, 1.807) is 7.05 Å². The summed E-state index contributed by atoms with van der Waals surface area (Å²) in [4.78, 5) is 11.9. The van der Waals surface area contributed by atoms with Crippen molar-refractivity contribution in [3.05, 3.63) is 28.2 Å². The zero-order chi connectivity index (χ0) is 12.3. The van der Waals surface area contributed by atoms with Gasteiger partial charge in [-0.3, -0.25) is 4.79 Å². The number of hydrogen-bond acceptors (Lipinski definition) is 3. The highest BCUT2D eigenvalue weighted by Crippen LogP contribution is 2.31. The maximum Gasteiger partial charge on any atom is 0.180 e. The largest absolute Gasteiger partial charge is 0.493 e. The lowest BCUT2D eigenvalue weighted by Crippen LogP contribution is -2.19. The first kappa shape index (κ1) is 12.6. The fraction of sp³-hybridized carbons (Fsp3) is 0.462. The lowest BCUT2D eigenvalue weighted by atomic mass is 10.1. The van der Waals surface area contributed by atoms with Crippen molar-refractivity contribution >= 4 is 21.7 Å². The molecule has 0 unspecified atom stereocenters. The molecule has 4 heteroatoms. The molecular formula is C13H16BrNO2. The molecule has 0 saturated heterocycles. The van der Waals surface area contributed by atoms with Crippen LogP contribution in [-0.2, 0) is 0 Å². The zero-order valence-corrected chi connectivity index (χ0v) is 11.4. The maximum atomic E-state index is 11.9. The molecule has 17 heavy (non-hydrogen) atoms. The molecule has 1 aliphatic carbocycles. The van der Waals surface area contributed by atoms with Crippen molar-refractivity contribution < 1.29 is 9.53 Å². The molecule has 1 N–H and O–H groups in total. The summed E-state index contributed by atoms with van der Waals surface area (Å²) in [6.07, 6.45) is 2.49. The molecule has 1 fully saturated rings. The molecule has 3 nitrogen and oxygen atoms in total. The first-order valence-electron chi connectivity index (χ1n) is 5.81. The van der Waals surface area contributed by atoms with Gasteiger partial charge >= 0.3 is 0 Å². The van der Waals surface area contributed by atoms with Crippen molar-refractivity contribution in [2.24, 2.45) is 5.92 Å². The van der Waals surface area contributed by atoms with E-state index < -0.39 is 0 Å². The highest BCUT2D eigenvalue weighted by molar-refractivity contribution is 9.10. The van der Waals surface area contributed by atoms with Gasteiger partial charge in [0.25, 0.3) is 0 Å². The van der Waals surface area contributed by atoms with Crippen LogP contribution in [0.2, 0.25) is 0 Å². The van der Waals surface area contributed by atoms with Crippen LogP contribution in [0.3, 0.4) is 0 Å². The van der Waals surface area contributed by atoms with Gasteiger partial charge in [0.1, 0.15) is 5.75 Å². The number of ether oxygens (including phenoxy) is 1. The first-order valence-corrected chi connectivity index (χ1v) is 6.60. The van der Waals surface area contributed by atoms with Crippen LogP contribution in [-0.4, -0.2) is 26.0 Å². The summed E-state index contributed by atoms with van der Waals surface area (Å²) in [6, 6.07) is 5.58. The minimum atomic E-state index is 0.0552. The van der Waals surface area contributed by atoms with E-state index in [-0.39, 0.29) is 5.78 Å². The van der Waals surface area contributed by atoms with Gasteiger partial charge < -0.3 is 10.1 Å². The summed E-state index contributed by atoms with van der Waals surface area (Å²) in [5.74, 6) is 1.44. The average Bonchev–Trinajstić information content (AvgIpc) is 3.11. The Morgan fingerprint density at radius 2 is 2.29 bits per heavy atom. The number of halogens is 1. The average molecular weight is 298 g/mol. The number of likely N-dealkylation sites (N-methyl/N-ethyl adjacent to an activating group) is 1. The number of benzene rings is 1. The molecule has 0 amide bonds. The Kier molecular flexibility index (Phi) is 4.18. The van der Waals surface area contributed by atoms with E-state index >= 15 is 0 Å². The Morgan fingerprint density at radius 3 is 2.94 bits per heavy atom. The van der Waals surface area contributed by atoms with E-state index in [1.807, 2.05) is 18.2 Å². The third-order valence-corrected chi connectivity index (χ3v) is 3.24. The third-order valence-electron chi connectivity index (χ3n) is 2.75. The van der Waals surface area contributed by atoms with Gasteiger partial charge in [-0.25, -0.2) is 0 Å². The number of ketones is 1. The van der Waals surface area contributed by atoms with E-state index in [9.17, 15) is 4.79 Å². The Morgan fingerprint density at radius 1 is 1.53 bits per heavy atom. The van der Waals surface area contributed by atoms with Gasteiger partial charge in [0.15, 0.2) is 5.78 Å². The number of carbonyl (C=O) groups is 1. The summed E-state index contributed by atoms with van der Waals surface area (Å²) >= 11 is 3.38. The lowest BCUT2D eigenvalue weighted by Gasteiger charge is -2.10. The Bertz CT molecular complexity index is 416. The van der Waals surface area contributed by atoms with Crippen molar-refractivity contribution in [3.63, 3.8) is 0 Å². The number of carbonyl (C=O) groups excluding carboxylic acids is 1. The molecule has 92 valence electrons.